The molecule has 0 bridgehead atoms. The van der Waals surface area contributed by atoms with Crippen LogP contribution >= 0.6 is 0 Å². The van der Waals surface area contributed by atoms with E-state index in [1.807, 2.05) is 4.90 Å². The number of likely N-dealkylation sites (tertiary alicyclic amines) is 1. The maximum atomic E-state index is 14.1. The zero-order valence-corrected chi connectivity index (χ0v) is 15.0. The topological polar surface area (TPSA) is 41.6 Å². The highest BCUT2D eigenvalue weighted by molar-refractivity contribution is 5.76. The molecule has 0 saturated carbocycles. The van der Waals surface area contributed by atoms with Crippen LogP contribution in [0.4, 0.5) is 17.6 Å². The smallest absolute Gasteiger partial charge is 0.422 e. The number of alkyl halides is 3. The standard InChI is InChI=1S/C19H24F4N2O2/c20-17-9-16(27-12-19(21,22)23)3-1-13(17)2-4-18(26)25-7-5-14-10-24-11-15(14)6-8-25/h1,3,9,14-15,24H,2,4-8,10-12H2/t14-,15+. The molecular formula is C19H24F4N2O2. The van der Waals surface area contributed by atoms with E-state index in [1.54, 1.807) is 0 Å². The van der Waals surface area contributed by atoms with Crippen LogP contribution in [0.2, 0.25) is 0 Å². The van der Waals surface area contributed by atoms with Gasteiger partial charge in [0, 0.05) is 25.6 Å². The van der Waals surface area contributed by atoms with Gasteiger partial charge in [0.25, 0.3) is 0 Å². The van der Waals surface area contributed by atoms with E-state index < -0.39 is 18.6 Å². The second-order valence-corrected chi connectivity index (χ2v) is 7.29. The first-order valence-corrected chi connectivity index (χ1v) is 9.28. The number of ether oxygens (including phenoxy) is 1. The molecule has 0 aliphatic carbocycles. The SMILES string of the molecule is O=C(CCc1ccc(OCC(F)(F)F)cc1F)N1CC[C@@H]2CNC[C@@H]2CC1. The second-order valence-electron chi connectivity index (χ2n) is 7.29. The third-order valence-corrected chi connectivity index (χ3v) is 5.41. The molecule has 2 aliphatic rings. The predicted octanol–water partition coefficient (Wildman–Crippen LogP) is 3.16. The molecule has 2 heterocycles. The van der Waals surface area contributed by atoms with Gasteiger partial charge >= 0.3 is 6.18 Å². The van der Waals surface area contributed by atoms with Gasteiger partial charge < -0.3 is 15.0 Å². The lowest BCUT2D eigenvalue weighted by Crippen LogP contribution is -2.32. The van der Waals surface area contributed by atoms with Crippen LogP contribution in [-0.2, 0) is 11.2 Å². The van der Waals surface area contributed by atoms with Crippen LogP contribution in [0.25, 0.3) is 0 Å². The van der Waals surface area contributed by atoms with Crippen molar-refractivity contribution in [3.05, 3.63) is 29.6 Å². The molecule has 1 amide bonds. The Hall–Kier alpha value is -1.83. The number of amides is 1. The Labute approximate surface area is 155 Å². The minimum atomic E-state index is -4.47. The van der Waals surface area contributed by atoms with Crippen molar-refractivity contribution >= 4 is 5.91 Å². The first-order chi connectivity index (χ1) is 12.8. The molecule has 0 unspecified atom stereocenters. The lowest BCUT2D eigenvalue weighted by molar-refractivity contribution is -0.153. The Kier molecular flexibility index (Phi) is 6.24. The van der Waals surface area contributed by atoms with Crippen molar-refractivity contribution in [2.45, 2.75) is 31.9 Å². The average molecular weight is 388 g/mol. The summed E-state index contributed by atoms with van der Waals surface area (Å²) in [6, 6.07) is 3.62. The molecule has 2 aliphatic heterocycles. The number of carbonyl (C=O) groups excluding carboxylic acids is 1. The number of rotatable bonds is 5. The third-order valence-electron chi connectivity index (χ3n) is 5.41. The van der Waals surface area contributed by atoms with Gasteiger partial charge in [0.1, 0.15) is 11.6 Å². The summed E-state index contributed by atoms with van der Waals surface area (Å²) >= 11 is 0. The summed E-state index contributed by atoms with van der Waals surface area (Å²) in [4.78, 5) is 14.3. The van der Waals surface area contributed by atoms with Crippen LogP contribution in [0.5, 0.6) is 5.75 Å². The van der Waals surface area contributed by atoms with Crippen molar-refractivity contribution in [3.8, 4) is 5.75 Å². The van der Waals surface area contributed by atoms with Crippen LogP contribution in [0.1, 0.15) is 24.8 Å². The molecular weight excluding hydrogens is 364 g/mol. The minimum absolute atomic E-state index is 0.000249. The lowest BCUT2D eigenvalue weighted by Gasteiger charge is -2.21. The van der Waals surface area contributed by atoms with E-state index >= 15 is 0 Å². The van der Waals surface area contributed by atoms with Gasteiger partial charge in [-0.1, -0.05) is 6.07 Å². The van der Waals surface area contributed by atoms with Gasteiger partial charge in [0.15, 0.2) is 6.61 Å². The van der Waals surface area contributed by atoms with Gasteiger partial charge in [-0.25, -0.2) is 4.39 Å². The van der Waals surface area contributed by atoms with Crippen molar-refractivity contribution in [2.75, 3.05) is 32.8 Å². The van der Waals surface area contributed by atoms with Crippen molar-refractivity contribution in [2.24, 2.45) is 11.8 Å². The minimum Gasteiger partial charge on any atom is -0.484 e. The highest BCUT2D eigenvalue weighted by Gasteiger charge is 2.31. The number of nitrogens with one attached hydrogen (secondary N) is 1. The molecule has 1 N–H and O–H groups in total. The first-order valence-electron chi connectivity index (χ1n) is 9.28. The first kappa shape index (κ1) is 19.9. The summed E-state index contributed by atoms with van der Waals surface area (Å²) in [5.74, 6) is 0.431. The molecule has 4 nitrogen and oxygen atoms in total. The summed E-state index contributed by atoms with van der Waals surface area (Å²) in [5, 5.41) is 3.39. The monoisotopic (exact) mass is 388 g/mol. The number of hydrogen-bond donors (Lipinski definition) is 1. The van der Waals surface area contributed by atoms with Crippen LogP contribution in [-0.4, -0.2) is 49.8 Å². The number of aryl methyl sites for hydroxylation is 1. The Morgan fingerprint density at radius 1 is 1.19 bits per heavy atom. The number of carbonyl (C=O) groups is 1. The fourth-order valence-electron chi connectivity index (χ4n) is 3.85. The van der Waals surface area contributed by atoms with E-state index in [0.29, 0.717) is 17.4 Å². The third kappa shape index (κ3) is 5.57. The summed E-state index contributed by atoms with van der Waals surface area (Å²) in [7, 11) is 0. The summed E-state index contributed by atoms with van der Waals surface area (Å²) in [5.41, 5.74) is 0.304. The van der Waals surface area contributed by atoms with E-state index in [4.69, 9.17) is 0 Å². The molecule has 8 heteroatoms. The fraction of sp³-hybridized carbons (Fsp3) is 0.632. The summed E-state index contributed by atoms with van der Waals surface area (Å²) in [6.45, 7) is 2.03. The maximum absolute atomic E-state index is 14.1. The molecule has 2 fully saturated rings. The number of fused-ring (bicyclic) bond motifs is 1. The maximum Gasteiger partial charge on any atom is 0.422 e. The van der Waals surface area contributed by atoms with Crippen molar-refractivity contribution in [1.29, 1.82) is 0 Å². The van der Waals surface area contributed by atoms with Crippen molar-refractivity contribution in [1.82, 2.24) is 10.2 Å². The largest absolute Gasteiger partial charge is 0.484 e. The molecule has 3 rings (SSSR count). The predicted molar refractivity (Wildman–Crippen MR) is 91.9 cm³/mol. The van der Waals surface area contributed by atoms with Gasteiger partial charge in [0.05, 0.1) is 0 Å². The van der Waals surface area contributed by atoms with Gasteiger partial charge in [-0.2, -0.15) is 13.2 Å². The van der Waals surface area contributed by atoms with Crippen LogP contribution in [0, 0.1) is 17.7 Å². The zero-order chi connectivity index (χ0) is 19.4. The molecule has 150 valence electrons. The van der Waals surface area contributed by atoms with E-state index in [1.165, 1.54) is 12.1 Å². The van der Waals surface area contributed by atoms with E-state index in [0.717, 1.165) is 45.1 Å². The zero-order valence-electron chi connectivity index (χ0n) is 15.0. The lowest BCUT2D eigenvalue weighted by atomic mass is 9.92. The van der Waals surface area contributed by atoms with Crippen molar-refractivity contribution < 1.29 is 27.1 Å². The Balaban J connectivity index is 1.49. The van der Waals surface area contributed by atoms with Crippen molar-refractivity contribution in [3.63, 3.8) is 0 Å². The number of hydrogen-bond acceptors (Lipinski definition) is 3. The van der Waals surface area contributed by atoms with Crippen LogP contribution < -0.4 is 10.1 Å². The quantitative estimate of drug-likeness (QED) is 0.788. The highest BCUT2D eigenvalue weighted by atomic mass is 19.4. The number of halogens is 4. The summed E-state index contributed by atoms with van der Waals surface area (Å²) < 4.78 is 55.1. The molecule has 1 aromatic rings. The number of benzene rings is 1. The van der Waals surface area contributed by atoms with Gasteiger partial charge in [-0.15, -0.1) is 0 Å². The van der Waals surface area contributed by atoms with E-state index in [2.05, 4.69) is 10.1 Å². The Bertz CT molecular complexity index is 652. The second kappa shape index (κ2) is 8.46. The normalized spacial score (nSPS) is 23.0. The Morgan fingerprint density at radius 3 is 2.44 bits per heavy atom. The van der Waals surface area contributed by atoms with Gasteiger partial charge in [-0.3, -0.25) is 4.79 Å². The molecule has 27 heavy (non-hydrogen) atoms. The van der Waals surface area contributed by atoms with Gasteiger partial charge in [0.2, 0.25) is 5.91 Å². The highest BCUT2D eigenvalue weighted by Crippen LogP contribution is 2.27. The molecule has 2 atom stereocenters. The van der Waals surface area contributed by atoms with E-state index in [9.17, 15) is 22.4 Å². The van der Waals surface area contributed by atoms with Gasteiger partial charge in [-0.05, 0) is 55.8 Å². The molecule has 2 saturated heterocycles. The number of nitrogens with zero attached hydrogens (tertiary/aromatic N) is 1. The average Bonchev–Trinajstić information content (AvgIpc) is 2.96. The Morgan fingerprint density at radius 2 is 1.85 bits per heavy atom. The molecule has 1 aromatic carbocycles. The van der Waals surface area contributed by atoms with Crippen LogP contribution in [0.3, 0.4) is 0 Å². The molecule has 0 aromatic heterocycles. The van der Waals surface area contributed by atoms with E-state index in [-0.39, 0.29) is 24.5 Å². The molecule has 0 radical (unpaired) electrons. The summed E-state index contributed by atoms with van der Waals surface area (Å²) in [6.07, 6.45) is -2.09. The molecule has 0 spiro atoms. The van der Waals surface area contributed by atoms with Crippen LogP contribution in [0.15, 0.2) is 18.2 Å². The fourth-order valence-corrected chi connectivity index (χ4v) is 3.85.